The molecule has 0 aliphatic carbocycles. The van der Waals surface area contributed by atoms with E-state index in [4.69, 9.17) is 4.74 Å². The lowest BCUT2D eigenvalue weighted by atomic mass is 9.90. The van der Waals surface area contributed by atoms with Crippen molar-refractivity contribution in [1.29, 1.82) is 0 Å². The molecule has 2 heteroatoms. The maximum atomic E-state index is 5.20. The average molecular weight is 162 g/mol. The standard InChI is InChI=1S/C8H18OS/c1-8(2,3)5-7(6-10)9-4/h7,10H,5-6H2,1-4H3. The highest BCUT2D eigenvalue weighted by Crippen LogP contribution is 2.22. The molecule has 0 saturated carbocycles. The summed E-state index contributed by atoms with van der Waals surface area (Å²) in [6.45, 7) is 6.63. The van der Waals surface area contributed by atoms with Crippen molar-refractivity contribution in [3.8, 4) is 0 Å². The number of rotatable bonds is 3. The van der Waals surface area contributed by atoms with E-state index in [0.29, 0.717) is 11.5 Å². The van der Waals surface area contributed by atoms with Crippen LogP contribution < -0.4 is 0 Å². The Labute approximate surface area is 69.6 Å². The van der Waals surface area contributed by atoms with Crippen LogP contribution >= 0.6 is 12.6 Å². The summed E-state index contributed by atoms with van der Waals surface area (Å²) in [5, 5.41) is 0. The summed E-state index contributed by atoms with van der Waals surface area (Å²) >= 11 is 4.18. The normalized spacial score (nSPS) is 15.3. The van der Waals surface area contributed by atoms with Crippen molar-refractivity contribution >= 4 is 12.6 Å². The fourth-order valence-electron chi connectivity index (χ4n) is 0.905. The molecule has 1 nitrogen and oxygen atoms in total. The summed E-state index contributed by atoms with van der Waals surface area (Å²) in [6.07, 6.45) is 1.39. The van der Waals surface area contributed by atoms with Crippen LogP contribution in [0.1, 0.15) is 27.2 Å². The van der Waals surface area contributed by atoms with Crippen molar-refractivity contribution in [2.24, 2.45) is 5.41 Å². The number of hydrogen-bond acceptors (Lipinski definition) is 2. The molecule has 0 N–H and O–H groups in total. The summed E-state index contributed by atoms with van der Waals surface area (Å²) in [4.78, 5) is 0. The molecule has 0 heterocycles. The Morgan fingerprint density at radius 3 is 2.00 bits per heavy atom. The second kappa shape index (κ2) is 4.24. The topological polar surface area (TPSA) is 9.23 Å². The van der Waals surface area contributed by atoms with Crippen molar-refractivity contribution in [3.63, 3.8) is 0 Å². The van der Waals surface area contributed by atoms with Crippen molar-refractivity contribution in [2.75, 3.05) is 12.9 Å². The third-order valence-electron chi connectivity index (χ3n) is 1.38. The second-order valence-electron chi connectivity index (χ2n) is 3.81. The zero-order chi connectivity index (χ0) is 8.20. The largest absolute Gasteiger partial charge is 0.381 e. The predicted molar refractivity (Wildman–Crippen MR) is 48.7 cm³/mol. The third-order valence-corrected chi connectivity index (χ3v) is 1.78. The van der Waals surface area contributed by atoms with Crippen molar-refractivity contribution in [1.82, 2.24) is 0 Å². The Hall–Kier alpha value is 0.310. The molecule has 0 saturated heterocycles. The molecule has 0 amide bonds. The quantitative estimate of drug-likeness (QED) is 0.627. The van der Waals surface area contributed by atoms with Gasteiger partial charge in [-0.2, -0.15) is 12.6 Å². The van der Waals surface area contributed by atoms with E-state index < -0.39 is 0 Å². The van der Waals surface area contributed by atoms with E-state index in [-0.39, 0.29) is 0 Å². The molecule has 62 valence electrons. The molecular formula is C8H18OS. The highest BCUT2D eigenvalue weighted by molar-refractivity contribution is 7.80. The monoisotopic (exact) mass is 162 g/mol. The van der Waals surface area contributed by atoms with Crippen LogP contribution in [0, 0.1) is 5.41 Å². The summed E-state index contributed by atoms with van der Waals surface area (Å²) in [5.41, 5.74) is 0.351. The molecular weight excluding hydrogens is 144 g/mol. The predicted octanol–water partition coefficient (Wildman–Crippen LogP) is 2.37. The van der Waals surface area contributed by atoms with Gasteiger partial charge in [0.15, 0.2) is 0 Å². The summed E-state index contributed by atoms with van der Waals surface area (Å²) < 4.78 is 5.20. The summed E-state index contributed by atoms with van der Waals surface area (Å²) in [6, 6.07) is 0. The zero-order valence-electron chi connectivity index (χ0n) is 7.35. The Balaban J connectivity index is 3.63. The van der Waals surface area contributed by atoms with Crippen molar-refractivity contribution in [3.05, 3.63) is 0 Å². The first-order valence-electron chi connectivity index (χ1n) is 3.63. The van der Waals surface area contributed by atoms with Crippen LogP contribution in [0.2, 0.25) is 0 Å². The first-order valence-corrected chi connectivity index (χ1v) is 4.26. The van der Waals surface area contributed by atoms with Gasteiger partial charge in [0.05, 0.1) is 6.10 Å². The SMILES string of the molecule is COC(CS)CC(C)(C)C. The Kier molecular flexibility index (Phi) is 4.37. The zero-order valence-corrected chi connectivity index (χ0v) is 8.24. The van der Waals surface area contributed by atoms with E-state index in [9.17, 15) is 0 Å². The second-order valence-corrected chi connectivity index (χ2v) is 4.17. The van der Waals surface area contributed by atoms with Gasteiger partial charge in [0, 0.05) is 12.9 Å². The van der Waals surface area contributed by atoms with Crippen molar-refractivity contribution < 1.29 is 4.74 Å². The van der Waals surface area contributed by atoms with Crippen LogP contribution in [0.25, 0.3) is 0 Å². The van der Waals surface area contributed by atoms with Gasteiger partial charge in [-0.05, 0) is 11.8 Å². The molecule has 1 unspecified atom stereocenters. The highest BCUT2D eigenvalue weighted by Gasteiger charge is 2.16. The van der Waals surface area contributed by atoms with E-state index in [1.54, 1.807) is 7.11 Å². The van der Waals surface area contributed by atoms with Gasteiger partial charge in [-0.1, -0.05) is 20.8 Å². The van der Waals surface area contributed by atoms with Crippen LogP contribution in [-0.4, -0.2) is 19.0 Å². The Morgan fingerprint density at radius 1 is 1.40 bits per heavy atom. The lowest BCUT2D eigenvalue weighted by Gasteiger charge is -2.23. The lowest BCUT2D eigenvalue weighted by molar-refractivity contribution is 0.0844. The Bertz CT molecular complexity index is 81.7. The van der Waals surface area contributed by atoms with Gasteiger partial charge in [0.25, 0.3) is 0 Å². The number of ether oxygens (including phenoxy) is 1. The number of methoxy groups -OCH3 is 1. The maximum Gasteiger partial charge on any atom is 0.0664 e. The van der Waals surface area contributed by atoms with Crippen LogP contribution in [0.5, 0.6) is 0 Å². The first-order chi connectivity index (χ1) is 4.49. The van der Waals surface area contributed by atoms with E-state index in [0.717, 1.165) is 12.2 Å². The Morgan fingerprint density at radius 2 is 1.90 bits per heavy atom. The first kappa shape index (κ1) is 10.3. The minimum atomic E-state index is 0.309. The van der Waals surface area contributed by atoms with Crippen LogP contribution in [0.3, 0.4) is 0 Å². The van der Waals surface area contributed by atoms with Crippen molar-refractivity contribution in [2.45, 2.75) is 33.3 Å². The van der Waals surface area contributed by atoms with Crippen LogP contribution in [0.15, 0.2) is 0 Å². The van der Waals surface area contributed by atoms with Gasteiger partial charge in [-0.15, -0.1) is 0 Å². The number of hydrogen-bond donors (Lipinski definition) is 1. The molecule has 0 fully saturated rings. The van der Waals surface area contributed by atoms with E-state index >= 15 is 0 Å². The smallest absolute Gasteiger partial charge is 0.0664 e. The molecule has 0 aliphatic rings. The maximum absolute atomic E-state index is 5.20. The van der Waals surface area contributed by atoms with E-state index in [2.05, 4.69) is 33.4 Å². The highest BCUT2D eigenvalue weighted by atomic mass is 32.1. The molecule has 0 bridgehead atoms. The fourth-order valence-corrected chi connectivity index (χ4v) is 1.18. The van der Waals surface area contributed by atoms with Crippen LogP contribution in [0.4, 0.5) is 0 Å². The van der Waals surface area contributed by atoms with Gasteiger partial charge in [0.1, 0.15) is 0 Å². The average Bonchev–Trinajstić information content (AvgIpc) is 1.81. The fraction of sp³-hybridized carbons (Fsp3) is 1.00. The van der Waals surface area contributed by atoms with Gasteiger partial charge >= 0.3 is 0 Å². The summed E-state index contributed by atoms with van der Waals surface area (Å²) in [5.74, 6) is 0.813. The van der Waals surface area contributed by atoms with E-state index in [1.165, 1.54) is 0 Å². The molecule has 0 aliphatic heterocycles. The third kappa shape index (κ3) is 5.12. The molecule has 0 aromatic carbocycles. The molecule has 0 aromatic rings. The number of thiol groups is 1. The van der Waals surface area contributed by atoms with Gasteiger partial charge in [-0.25, -0.2) is 0 Å². The van der Waals surface area contributed by atoms with E-state index in [1.807, 2.05) is 0 Å². The molecule has 0 spiro atoms. The molecule has 1 atom stereocenters. The minimum Gasteiger partial charge on any atom is -0.381 e. The summed E-state index contributed by atoms with van der Waals surface area (Å²) in [7, 11) is 1.74. The molecule has 0 aromatic heterocycles. The van der Waals surface area contributed by atoms with Gasteiger partial charge < -0.3 is 4.74 Å². The molecule has 0 rings (SSSR count). The molecule has 0 radical (unpaired) electrons. The minimum absolute atomic E-state index is 0.309. The molecule has 10 heavy (non-hydrogen) atoms. The lowest BCUT2D eigenvalue weighted by Crippen LogP contribution is -2.20. The van der Waals surface area contributed by atoms with Crippen LogP contribution in [-0.2, 0) is 4.74 Å². The van der Waals surface area contributed by atoms with Gasteiger partial charge in [0.2, 0.25) is 0 Å². The van der Waals surface area contributed by atoms with Gasteiger partial charge in [-0.3, -0.25) is 0 Å².